The van der Waals surface area contributed by atoms with E-state index in [-0.39, 0.29) is 19.6 Å². The van der Waals surface area contributed by atoms with Crippen LogP contribution >= 0.6 is 11.6 Å². The van der Waals surface area contributed by atoms with Gasteiger partial charge in [-0.15, -0.1) is 0 Å². The van der Waals surface area contributed by atoms with Gasteiger partial charge in [-0.3, -0.25) is 0 Å². The lowest BCUT2D eigenvalue weighted by Crippen LogP contribution is -2.45. The molecule has 0 N–H and O–H groups in total. The highest BCUT2D eigenvalue weighted by Crippen LogP contribution is 2.25. The lowest BCUT2D eigenvalue weighted by atomic mass is 9.98. The van der Waals surface area contributed by atoms with Gasteiger partial charge in [0, 0.05) is 6.42 Å². The van der Waals surface area contributed by atoms with E-state index in [1.807, 2.05) is 18.2 Å². The van der Waals surface area contributed by atoms with E-state index >= 15 is 0 Å². The zero-order valence-electron chi connectivity index (χ0n) is 11.0. The first-order valence-corrected chi connectivity index (χ1v) is 6.49. The summed E-state index contributed by atoms with van der Waals surface area (Å²) in [5, 5.41) is 0. The van der Waals surface area contributed by atoms with E-state index in [2.05, 4.69) is 0 Å². The normalized spacial score (nSPS) is 10.9. The summed E-state index contributed by atoms with van der Waals surface area (Å²) in [6.45, 7) is 3.62. The molecular formula is C14H17ClO4. The van der Waals surface area contributed by atoms with E-state index in [0.29, 0.717) is 0 Å². The molecule has 0 saturated carbocycles. The average Bonchev–Trinajstić information content (AvgIpc) is 2.40. The quantitative estimate of drug-likeness (QED) is 0.457. The largest absolute Gasteiger partial charge is 0.464 e. The molecular weight excluding hydrogens is 268 g/mol. The van der Waals surface area contributed by atoms with Gasteiger partial charge in [0.05, 0.1) is 13.2 Å². The second-order valence-electron chi connectivity index (χ2n) is 3.90. The molecule has 0 heterocycles. The van der Waals surface area contributed by atoms with Crippen molar-refractivity contribution < 1.29 is 19.1 Å². The number of rotatable bonds is 6. The van der Waals surface area contributed by atoms with Crippen molar-refractivity contribution in [2.24, 2.45) is 0 Å². The number of hydrogen-bond donors (Lipinski definition) is 0. The second-order valence-corrected chi connectivity index (χ2v) is 4.55. The zero-order valence-corrected chi connectivity index (χ0v) is 11.8. The first-order chi connectivity index (χ1) is 9.04. The van der Waals surface area contributed by atoms with Crippen molar-refractivity contribution in [3.05, 3.63) is 35.9 Å². The summed E-state index contributed by atoms with van der Waals surface area (Å²) in [6.07, 6.45) is 0.0348. The number of carbonyl (C=O) groups is 2. The highest BCUT2D eigenvalue weighted by molar-refractivity contribution is 6.44. The average molecular weight is 285 g/mol. The van der Waals surface area contributed by atoms with Gasteiger partial charge >= 0.3 is 11.9 Å². The third-order valence-electron chi connectivity index (χ3n) is 2.49. The standard InChI is InChI=1S/C14H17ClO4/c1-3-18-12(16)14(15,13(17)19-4-2)10-11-8-6-5-7-9-11/h5-9H,3-4,10H2,1-2H3. The minimum absolute atomic E-state index is 0.0348. The summed E-state index contributed by atoms with van der Waals surface area (Å²) in [5.41, 5.74) is 0.763. The Morgan fingerprint density at radius 3 is 1.95 bits per heavy atom. The predicted octanol–water partition coefficient (Wildman–Crippen LogP) is 2.33. The van der Waals surface area contributed by atoms with Crippen LogP contribution in [0.3, 0.4) is 0 Å². The Hall–Kier alpha value is -1.55. The van der Waals surface area contributed by atoms with Crippen LogP contribution < -0.4 is 0 Å². The van der Waals surface area contributed by atoms with E-state index in [1.165, 1.54) is 0 Å². The summed E-state index contributed by atoms with van der Waals surface area (Å²) >= 11 is 6.18. The molecule has 0 aromatic heterocycles. The van der Waals surface area contributed by atoms with Crippen molar-refractivity contribution in [3.8, 4) is 0 Å². The van der Waals surface area contributed by atoms with Gasteiger partial charge in [-0.05, 0) is 19.4 Å². The molecule has 5 heteroatoms. The Kier molecular flexibility index (Phi) is 5.83. The first kappa shape index (κ1) is 15.5. The number of carbonyl (C=O) groups excluding carboxylic acids is 2. The van der Waals surface area contributed by atoms with Crippen LogP contribution in [0.5, 0.6) is 0 Å². The van der Waals surface area contributed by atoms with E-state index < -0.39 is 16.8 Å². The summed E-state index contributed by atoms with van der Waals surface area (Å²) in [7, 11) is 0. The van der Waals surface area contributed by atoms with Crippen molar-refractivity contribution in [1.29, 1.82) is 0 Å². The van der Waals surface area contributed by atoms with E-state index in [1.54, 1.807) is 26.0 Å². The van der Waals surface area contributed by atoms with Crippen LogP contribution in [0.25, 0.3) is 0 Å². The van der Waals surface area contributed by atoms with Gasteiger partial charge < -0.3 is 9.47 Å². The number of esters is 2. The minimum Gasteiger partial charge on any atom is -0.464 e. The van der Waals surface area contributed by atoms with Gasteiger partial charge in [0.1, 0.15) is 0 Å². The predicted molar refractivity (Wildman–Crippen MR) is 72.0 cm³/mol. The maximum Gasteiger partial charge on any atom is 0.339 e. The zero-order chi connectivity index (χ0) is 14.3. The third kappa shape index (κ3) is 3.96. The van der Waals surface area contributed by atoms with Gasteiger partial charge in [0.25, 0.3) is 0 Å². The Bertz CT molecular complexity index is 412. The molecule has 0 aliphatic heterocycles. The maximum atomic E-state index is 11.9. The van der Waals surface area contributed by atoms with Gasteiger partial charge in [-0.2, -0.15) is 0 Å². The Morgan fingerprint density at radius 2 is 1.53 bits per heavy atom. The molecule has 0 aliphatic rings. The van der Waals surface area contributed by atoms with Crippen molar-refractivity contribution in [2.45, 2.75) is 25.1 Å². The van der Waals surface area contributed by atoms with E-state index in [4.69, 9.17) is 21.1 Å². The summed E-state index contributed by atoms with van der Waals surface area (Å²) < 4.78 is 9.75. The number of benzene rings is 1. The van der Waals surface area contributed by atoms with Crippen molar-refractivity contribution >= 4 is 23.5 Å². The van der Waals surface area contributed by atoms with E-state index in [0.717, 1.165) is 5.56 Å². The number of alkyl halides is 1. The van der Waals surface area contributed by atoms with E-state index in [9.17, 15) is 9.59 Å². The topological polar surface area (TPSA) is 52.6 Å². The lowest BCUT2D eigenvalue weighted by Gasteiger charge is -2.22. The first-order valence-electron chi connectivity index (χ1n) is 6.11. The maximum absolute atomic E-state index is 11.9. The highest BCUT2D eigenvalue weighted by Gasteiger charge is 2.47. The lowest BCUT2D eigenvalue weighted by molar-refractivity contribution is -0.159. The monoisotopic (exact) mass is 284 g/mol. The SMILES string of the molecule is CCOC(=O)C(Cl)(Cc1ccccc1)C(=O)OCC. The fraction of sp³-hybridized carbons (Fsp3) is 0.429. The molecule has 19 heavy (non-hydrogen) atoms. The molecule has 0 saturated heterocycles. The molecule has 0 amide bonds. The Balaban J connectivity index is 2.98. The van der Waals surface area contributed by atoms with Crippen molar-refractivity contribution in [3.63, 3.8) is 0 Å². The van der Waals surface area contributed by atoms with Gasteiger partial charge in [0.15, 0.2) is 0 Å². The van der Waals surface area contributed by atoms with Crippen LogP contribution in [0.4, 0.5) is 0 Å². The van der Waals surface area contributed by atoms with Gasteiger partial charge in [-0.1, -0.05) is 41.9 Å². The summed E-state index contributed by atoms with van der Waals surface area (Å²) in [6, 6.07) is 9.03. The van der Waals surface area contributed by atoms with Crippen LogP contribution in [0.2, 0.25) is 0 Å². The second kappa shape index (κ2) is 7.14. The van der Waals surface area contributed by atoms with Crippen LogP contribution in [0.1, 0.15) is 19.4 Å². The number of hydrogen-bond acceptors (Lipinski definition) is 4. The molecule has 1 rings (SSSR count). The molecule has 0 radical (unpaired) electrons. The molecule has 0 unspecified atom stereocenters. The number of ether oxygens (including phenoxy) is 2. The van der Waals surface area contributed by atoms with Crippen LogP contribution in [-0.4, -0.2) is 30.0 Å². The smallest absolute Gasteiger partial charge is 0.339 e. The number of halogens is 1. The molecule has 1 aromatic carbocycles. The summed E-state index contributed by atoms with van der Waals surface area (Å²) in [4.78, 5) is 22.0. The summed E-state index contributed by atoms with van der Waals surface area (Å²) in [5.74, 6) is -1.56. The Labute approximate surface area is 117 Å². The van der Waals surface area contributed by atoms with Crippen LogP contribution in [-0.2, 0) is 25.5 Å². The van der Waals surface area contributed by atoms with Crippen LogP contribution in [0, 0.1) is 0 Å². The minimum atomic E-state index is -1.83. The molecule has 0 fully saturated rings. The molecule has 104 valence electrons. The molecule has 4 nitrogen and oxygen atoms in total. The fourth-order valence-electron chi connectivity index (χ4n) is 1.60. The molecule has 0 bridgehead atoms. The van der Waals surface area contributed by atoms with Crippen LogP contribution in [0.15, 0.2) is 30.3 Å². The fourth-order valence-corrected chi connectivity index (χ4v) is 1.86. The molecule has 0 spiro atoms. The third-order valence-corrected chi connectivity index (χ3v) is 2.93. The Morgan fingerprint density at radius 1 is 1.05 bits per heavy atom. The highest BCUT2D eigenvalue weighted by atomic mass is 35.5. The van der Waals surface area contributed by atoms with Gasteiger partial charge in [0.2, 0.25) is 4.87 Å². The van der Waals surface area contributed by atoms with Gasteiger partial charge in [-0.25, -0.2) is 9.59 Å². The van der Waals surface area contributed by atoms with Crippen molar-refractivity contribution in [1.82, 2.24) is 0 Å². The molecule has 0 atom stereocenters. The van der Waals surface area contributed by atoms with Crippen molar-refractivity contribution in [2.75, 3.05) is 13.2 Å². The molecule has 0 aliphatic carbocycles. The molecule has 1 aromatic rings.